The predicted molar refractivity (Wildman–Crippen MR) is 139 cm³/mol. The molecule has 4 heterocycles. The highest BCUT2D eigenvalue weighted by Gasteiger charge is 2.42. The van der Waals surface area contributed by atoms with Crippen molar-refractivity contribution in [2.24, 2.45) is 0 Å². The molecule has 0 unspecified atom stereocenters. The SMILES string of the molecule is Cc1c([C@H]2[C@@H](c3ccccn3)NC(=S)N2CCN2CCOCC2)c(C)n(-c2ccccc2)c1C. The van der Waals surface area contributed by atoms with E-state index in [1.165, 1.54) is 28.2 Å². The highest BCUT2D eigenvalue weighted by Crippen LogP contribution is 2.43. The predicted octanol–water partition coefficient (Wildman–Crippen LogP) is 4.10. The number of rotatable bonds is 6. The van der Waals surface area contributed by atoms with Crippen LogP contribution >= 0.6 is 12.2 Å². The van der Waals surface area contributed by atoms with Crippen LogP contribution in [0.4, 0.5) is 0 Å². The van der Waals surface area contributed by atoms with Crippen molar-refractivity contribution in [2.45, 2.75) is 32.9 Å². The van der Waals surface area contributed by atoms with E-state index in [1.807, 2.05) is 12.3 Å². The van der Waals surface area contributed by atoms with E-state index in [1.54, 1.807) is 0 Å². The van der Waals surface area contributed by atoms with Gasteiger partial charge in [0.2, 0.25) is 0 Å². The summed E-state index contributed by atoms with van der Waals surface area (Å²) in [6, 6.07) is 16.8. The first kappa shape index (κ1) is 23.0. The normalized spacial score (nSPS) is 21.1. The van der Waals surface area contributed by atoms with Crippen molar-refractivity contribution >= 4 is 17.3 Å². The second-order valence-electron chi connectivity index (χ2n) is 9.15. The van der Waals surface area contributed by atoms with Gasteiger partial charge in [0.25, 0.3) is 0 Å². The highest BCUT2D eigenvalue weighted by molar-refractivity contribution is 7.80. The fraction of sp³-hybridized carbons (Fsp3) is 0.407. The van der Waals surface area contributed by atoms with E-state index in [2.05, 4.69) is 82.9 Å². The number of thiocarbonyl (C=S) groups is 1. The maximum absolute atomic E-state index is 5.92. The molecule has 2 fully saturated rings. The minimum atomic E-state index is 0.00168. The summed E-state index contributed by atoms with van der Waals surface area (Å²) in [5.74, 6) is 0. The maximum atomic E-state index is 5.92. The Morgan fingerprint density at radius 3 is 2.41 bits per heavy atom. The Bertz CT molecular complexity index is 1140. The lowest BCUT2D eigenvalue weighted by Gasteiger charge is -2.32. The summed E-state index contributed by atoms with van der Waals surface area (Å²) in [6.45, 7) is 12.1. The summed E-state index contributed by atoms with van der Waals surface area (Å²) in [5.41, 5.74) is 7.39. The van der Waals surface area contributed by atoms with Gasteiger partial charge < -0.3 is 19.5 Å². The van der Waals surface area contributed by atoms with E-state index in [0.29, 0.717) is 0 Å². The van der Waals surface area contributed by atoms with Crippen molar-refractivity contribution in [3.63, 3.8) is 0 Å². The number of hydrogen-bond donors (Lipinski definition) is 1. The van der Waals surface area contributed by atoms with Gasteiger partial charge in [-0.1, -0.05) is 24.3 Å². The van der Waals surface area contributed by atoms with Gasteiger partial charge in [0.05, 0.1) is 31.0 Å². The molecule has 0 radical (unpaired) electrons. The van der Waals surface area contributed by atoms with Crippen molar-refractivity contribution in [1.29, 1.82) is 0 Å². The van der Waals surface area contributed by atoms with Gasteiger partial charge in [-0.15, -0.1) is 0 Å². The largest absolute Gasteiger partial charge is 0.379 e. The molecule has 3 aromatic rings. The van der Waals surface area contributed by atoms with Gasteiger partial charge in [0.1, 0.15) is 0 Å². The molecule has 1 aromatic carbocycles. The molecule has 1 N–H and O–H groups in total. The molecule has 0 bridgehead atoms. The number of nitrogens with zero attached hydrogens (tertiary/aromatic N) is 4. The third-order valence-electron chi connectivity index (χ3n) is 7.28. The molecule has 6 nitrogen and oxygen atoms in total. The number of benzene rings is 1. The van der Waals surface area contributed by atoms with Crippen molar-refractivity contribution in [3.8, 4) is 5.69 Å². The van der Waals surface area contributed by atoms with Crippen molar-refractivity contribution in [2.75, 3.05) is 39.4 Å². The molecule has 178 valence electrons. The molecule has 0 saturated carbocycles. The molecule has 2 atom stereocenters. The van der Waals surface area contributed by atoms with Crippen LogP contribution in [0, 0.1) is 20.8 Å². The second kappa shape index (κ2) is 9.86. The summed E-state index contributed by atoms with van der Waals surface area (Å²) < 4.78 is 7.92. The Morgan fingerprint density at radius 2 is 1.71 bits per heavy atom. The molecular formula is C27H33N5OS. The molecule has 7 heteroatoms. The zero-order chi connectivity index (χ0) is 23.7. The Kier molecular flexibility index (Phi) is 6.68. The van der Waals surface area contributed by atoms with Crippen molar-refractivity contribution in [1.82, 2.24) is 24.7 Å². The zero-order valence-corrected chi connectivity index (χ0v) is 21.0. The van der Waals surface area contributed by atoms with E-state index in [-0.39, 0.29) is 12.1 Å². The standard InChI is InChI=1S/C27H33N5OS/c1-19-20(2)32(22-9-5-4-6-10-22)21(3)24(19)26-25(23-11-7-8-12-28-23)29-27(34)31(26)14-13-30-15-17-33-18-16-30/h4-12,25-26H,13-18H2,1-3H3,(H,29,34)/t25-,26+/m1/s1. The molecule has 0 aliphatic carbocycles. The number of morpholine rings is 1. The summed E-state index contributed by atoms with van der Waals surface area (Å²) >= 11 is 5.92. The Hall–Kier alpha value is -2.74. The lowest BCUT2D eigenvalue weighted by Crippen LogP contribution is -2.42. The van der Waals surface area contributed by atoms with E-state index in [4.69, 9.17) is 21.9 Å². The van der Waals surface area contributed by atoms with E-state index in [0.717, 1.165) is 50.2 Å². The molecule has 34 heavy (non-hydrogen) atoms. The van der Waals surface area contributed by atoms with Gasteiger partial charge in [-0.05, 0) is 62.8 Å². The number of para-hydroxylation sites is 1. The van der Waals surface area contributed by atoms with Crippen molar-refractivity contribution < 1.29 is 4.74 Å². The summed E-state index contributed by atoms with van der Waals surface area (Å²) in [6.07, 6.45) is 1.87. The Morgan fingerprint density at radius 1 is 0.971 bits per heavy atom. The van der Waals surface area contributed by atoms with Crippen LogP contribution in [0.15, 0.2) is 54.7 Å². The number of pyridine rings is 1. The van der Waals surface area contributed by atoms with E-state index in [9.17, 15) is 0 Å². The Labute approximate surface area is 207 Å². The maximum Gasteiger partial charge on any atom is 0.170 e. The topological polar surface area (TPSA) is 45.6 Å². The van der Waals surface area contributed by atoms with Crippen LogP contribution < -0.4 is 5.32 Å². The average Bonchev–Trinajstić information content (AvgIpc) is 3.31. The minimum absolute atomic E-state index is 0.00168. The summed E-state index contributed by atoms with van der Waals surface area (Å²) in [7, 11) is 0. The van der Waals surface area contributed by atoms with Gasteiger partial charge in [-0.3, -0.25) is 9.88 Å². The summed E-state index contributed by atoms with van der Waals surface area (Å²) in [5, 5.41) is 4.43. The van der Waals surface area contributed by atoms with Crippen molar-refractivity contribution in [3.05, 3.63) is 82.9 Å². The van der Waals surface area contributed by atoms with Crippen LogP contribution in [0.3, 0.4) is 0 Å². The molecular weight excluding hydrogens is 442 g/mol. The van der Waals surface area contributed by atoms with Crippen LogP contribution in [-0.2, 0) is 4.74 Å². The van der Waals surface area contributed by atoms with E-state index >= 15 is 0 Å². The van der Waals surface area contributed by atoms with Gasteiger partial charge in [0.15, 0.2) is 5.11 Å². The van der Waals surface area contributed by atoms with Crippen LogP contribution in [0.1, 0.15) is 40.3 Å². The van der Waals surface area contributed by atoms with Crippen LogP contribution in [-0.4, -0.2) is 63.9 Å². The summed E-state index contributed by atoms with van der Waals surface area (Å²) in [4.78, 5) is 9.57. The molecule has 2 saturated heterocycles. The molecule has 2 aliphatic heterocycles. The van der Waals surface area contributed by atoms with E-state index < -0.39 is 0 Å². The monoisotopic (exact) mass is 475 g/mol. The number of ether oxygens (including phenoxy) is 1. The minimum Gasteiger partial charge on any atom is -0.379 e. The molecule has 2 aromatic heterocycles. The first-order chi connectivity index (χ1) is 16.6. The zero-order valence-electron chi connectivity index (χ0n) is 20.2. The van der Waals surface area contributed by atoms with Gasteiger partial charge in [-0.25, -0.2) is 0 Å². The average molecular weight is 476 g/mol. The molecule has 0 amide bonds. The molecule has 0 spiro atoms. The smallest absolute Gasteiger partial charge is 0.170 e. The highest BCUT2D eigenvalue weighted by atomic mass is 32.1. The first-order valence-electron chi connectivity index (χ1n) is 12.1. The molecule has 5 rings (SSSR count). The second-order valence-corrected chi connectivity index (χ2v) is 9.54. The number of nitrogens with one attached hydrogen (secondary N) is 1. The van der Waals surface area contributed by atoms with Crippen LogP contribution in [0.25, 0.3) is 5.69 Å². The number of hydrogen-bond acceptors (Lipinski definition) is 4. The van der Waals surface area contributed by atoms with Gasteiger partial charge in [0, 0.05) is 55.0 Å². The first-order valence-corrected chi connectivity index (χ1v) is 12.5. The molecule has 2 aliphatic rings. The fourth-order valence-electron chi connectivity index (χ4n) is 5.44. The third-order valence-corrected chi connectivity index (χ3v) is 7.63. The lowest BCUT2D eigenvalue weighted by molar-refractivity contribution is 0.0350. The van der Waals surface area contributed by atoms with Gasteiger partial charge >= 0.3 is 0 Å². The van der Waals surface area contributed by atoms with Crippen LogP contribution in [0.5, 0.6) is 0 Å². The third kappa shape index (κ3) is 4.24. The quantitative estimate of drug-likeness (QED) is 0.542. The fourth-order valence-corrected chi connectivity index (χ4v) is 5.77. The number of aromatic nitrogens is 2. The van der Waals surface area contributed by atoms with Gasteiger partial charge in [-0.2, -0.15) is 0 Å². The Balaban J connectivity index is 1.56. The lowest BCUT2D eigenvalue weighted by atomic mass is 9.93. The van der Waals surface area contributed by atoms with Crippen LogP contribution in [0.2, 0.25) is 0 Å².